The summed E-state index contributed by atoms with van der Waals surface area (Å²) >= 11 is 1.16. The molecule has 0 saturated heterocycles. The lowest BCUT2D eigenvalue weighted by Gasteiger charge is -2.09. The van der Waals surface area contributed by atoms with Crippen LogP contribution in [0.25, 0.3) is 11.4 Å². The maximum absolute atomic E-state index is 13.1. The summed E-state index contributed by atoms with van der Waals surface area (Å²) in [6.45, 7) is 8.56. The fourth-order valence-electron chi connectivity index (χ4n) is 2.14. The molecule has 0 unspecified atom stereocenters. The number of halogens is 1. The average Bonchev–Trinajstić information content (AvgIpc) is 3.02. The van der Waals surface area contributed by atoms with Crippen molar-refractivity contribution in [3.05, 3.63) is 42.7 Å². The van der Waals surface area contributed by atoms with Crippen LogP contribution in [0.5, 0.6) is 0 Å². The van der Waals surface area contributed by atoms with Gasteiger partial charge in [-0.25, -0.2) is 9.18 Å². The van der Waals surface area contributed by atoms with Crippen molar-refractivity contribution in [2.75, 3.05) is 12.3 Å². The van der Waals surface area contributed by atoms with Crippen LogP contribution in [0, 0.1) is 11.7 Å². The van der Waals surface area contributed by atoms with Gasteiger partial charge < -0.3 is 5.32 Å². The predicted octanol–water partition coefficient (Wildman–Crippen LogP) is 2.84. The smallest absolute Gasteiger partial charge is 0.321 e. The highest BCUT2D eigenvalue weighted by atomic mass is 32.2. The molecule has 0 aliphatic rings. The zero-order valence-electron chi connectivity index (χ0n) is 15.2. The zero-order chi connectivity index (χ0) is 19.8. The zero-order valence-corrected chi connectivity index (χ0v) is 16.1. The number of urea groups is 1. The number of thioether (sulfide) groups is 1. The molecule has 27 heavy (non-hydrogen) atoms. The third-order valence-electron chi connectivity index (χ3n) is 3.39. The Hall–Kier alpha value is -2.68. The molecule has 7 nitrogen and oxygen atoms in total. The van der Waals surface area contributed by atoms with Crippen LogP contribution in [0.3, 0.4) is 0 Å². The SMILES string of the molecule is C=CCn1c(SCC(=O)NC(=O)NCC(C)C)nnc1-c1ccc(F)cc1. The van der Waals surface area contributed by atoms with Gasteiger partial charge in [0.2, 0.25) is 5.91 Å². The number of aromatic nitrogens is 3. The highest BCUT2D eigenvalue weighted by Gasteiger charge is 2.16. The second kappa shape index (κ2) is 9.86. The second-order valence-corrected chi connectivity index (χ2v) is 7.10. The van der Waals surface area contributed by atoms with E-state index < -0.39 is 11.9 Å². The second-order valence-electron chi connectivity index (χ2n) is 6.15. The molecule has 0 bridgehead atoms. The highest BCUT2D eigenvalue weighted by Crippen LogP contribution is 2.24. The number of hydrogen-bond acceptors (Lipinski definition) is 5. The van der Waals surface area contributed by atoms with E-state index in [9.17, 15) is 14.0 Å². The molecule has 0 saturated carbocycles. The van der Waals surface area contributed by atoms with Crippen LogP contribution in [0.1, 0.15) is 13.8 Å². The molecule has 0 aliphatic heterocycles. The maximum Gasteiger partial charge on any atom is 0.321 e. The van der Waals surface area contributed by atoms with Gasteiger partial charge in [0.1, 0.15) is 5.82 Å². The molecule has 0 radical (unpaired) electrons. The fraction of sp³-hybridized carbons (Fsp3) is 0.333. The van der Waals surface area contributed by atoms with E-state index in [0.29, 0.717) is 35.6 Å². The third kappa shape index (κ3) is 6.21. The molecule has 0 aliphatic carbocycles. The Morgan fingerprint density at radius 1 is 1.30 bits per heavy atom. The minimum atomic E-state index is -0.520. The number of carbonyl (C=O) groups is 2. The van der Waals surface area contributed by atoms with E-state index in [1.807, 2.05) is 13.8 Å². The first-order valence-corrected chi connectivity index (χ1v) is 9.39. The topological polar surface area (TPSA) is 88.9 Å². The summed E-state index contributed by atoms with van der Waals surface area (Å²) in [4.78, 5) is 23.6. The molecule has 2 N–H and O–H groups in total. The van der Waals surface area contributed by atoms with Gasteiger partial charge in [0.15, 0.2) is 11.0 Å². The molecule has 1 aromatic heterocycles. The van der Waals surface area contributed by atoms with Crippen LogP contribution >= 0.6 is 11.8 Å². The van der Waals surface area contributed by atoms with Crippen molar-refractivity contribution in [3.8, 4) is 11.4 Å². The number of allylic oxidation sites excluding steroid dienone is 1. The minimum absolute atomic E-state index is 0.00773. The molecule has 0 atom stereocenters. The van der Waals surface area contributed by atoms with E-state index in [0.717, 1.165) is 11.8 Å². The van der Waals surface area contributed by atoms with Crippen LogP contribution in [0.15, 0.2) is 42.1 Å². The van der Waals surface area contributed by atoms with E-state index >= 15 is 0 Å². The maximum atomic E-state index is 13.1. The monoisotopic (exact) mass is 391 g/mol. The number of nitrogens with zero attached hydrogens (tertiary/aromatic N) is 3. The summed E-state index contributed by atoms with van der Waals surface area (Å²) in [5.41, 5.74) is 0.704. The van der Waals surface area contributed by atoms with Crippen LogP contribution in [0.2, 0.25) is 0 Å². The van der Waals surface area contributed by atoms with Gasteiger partial charge in [-0.1, -0.05) is 31.7 Å². The van der Waals surface area contributed by atoms with Crippen molar-refractivity contribution in [3.63, 3.8) is 0 Å². The number of amides is 3. The van der Waals surface area contributed by atoms with Gasteiger partial charge in [0.05, 0.1) is 5.75 Å². The Balaban J connectivity index is 2.02. The summed E-state index contributed by atoms with van der Waals surface area (Å²) in [7, 11) is 0. The highest BCUT2D eigenvalue weighted by molar-refractivity contribution is 7.99. The van der Waals surface area contributed by atoms with Crippen molar-refractivity contribution in [1.82, 2.24) is 25.4 Å². The predicted molar refractivity (Wildman–Crippen MR) is 103 cm³/mol. The molecule has 0 fully saturated rings. The van der Waals surface area contributed by atoms with E-state index in [2.05, 4.69) is 27.4 Å². The molecule has 144 valence electrons. The van der Waals surface area contributed by atoms with Crippen molar-refractivity contribution >= 4 is 23.7 Å². The molecule has 1 heterocycles. The molecular formula is C18H22FN5O2S. The van der Waals surface area contributed by atoms with Gasteiger partial charge >= 0.3 is 6.03 Å². The first-order chi connectivity index (χ1) is 12.9. The molecule has 9 heteroatoms. The quantitative estimate of drug-likeness (QED) is 0.534. The van der Waals surface area contributed by atoms with Crippen molar-refractivity contribution < 1.29 is 14.0 Å². The van der Waals surface area contributed by atoms with Crippen molar-refractivity contribution in [2.24, 2.45) is 5.92 Å². The summed E-state index contributed by atoms with van der Waals surface area (Å²) in [6.07, 6.45) is 1.68. The van der Waals surface area contributed by atoms with E-state index in [-0.39, 0.29) is 11.6 Å². The molecular weight excluding hydrogens is 369 g/mol. The van der Waals surface area contributed by atoms with Crippen LogP contribution in [-0.4, -0.2) is 39.0 Å². The van der Waals surface area contributed by atoms with Gasteiger partial charge in [-0.05, 0) is 30.2 Å². The van der Waals surface area contributed by atoms with E-state index in [4.69, 9.17) is 0 Å². The Kier molecular flexibility index (Phi) is 7.54. The summed E-state index contributed by atoms with van der Waals surface area (Å²) in [5, 5.41) is 13.6. The average molecular weight is 391 g/mol. The lowest BCUT2D eigenvalue weighted by molar-refractivity contribution is -0.117. The molecule has 0 spiro atoms. The summed E-state index contributed by atoms with van der Waals surface area (Å²) < 4.78 is 14.9. The van der Waals surface area contributed by atoms with Crippen LogP contribution < -0.4 is 10.6 Å². The van der Waals surface area contributed by atoms with Crippen LogP contribution in [-0.2, 0) is 11.3 Å². The first-order valence-electron chi connectivity index (χ1n) is 8.41. The first kappa shape index (κ1) is 20.6. The normalized spacial score (nSPS) is 10.7. The van der Waals surface area contributed by atoms with Crippen LogP contribution in [0.4, 0.5) is 9.18 Å². The number of imide groups is 1. The Labute approximate surface area is 161 Å². The lowest BCUT2D eigenvalue weighted by Crippen LogP contribution is -2.41. The minimum Gasteiger partial charge on any atom is -0.338 e. The number of hydrogen-bond donors (Lipinski definition) is 2. The number of rotatable bonds is 8. The summed E-state index contributed by atoms with van der Waals surface area (Å²) in [5.74, 6) is 0.0803. The van der Waals surface area contributed by atoms with Crippen molar-refractivity contribution in [2.45, 2.75) is 25.5 Å². The van der Waals surface area contributed by atoms with Gasteiger partial charge in [-0.15, -0.1) is 16.8 Å². The summed E-state index contributed by atoms with van der Waals surface area (Å²) in [6, 6.07) is 5.39. The molecule has 2 rings (SSSR count). The molecule has 1 aromatic carbocycles. The van der Waals surface area contributed by atoms with Gasteiger partial charge in [-0.3, -0.25) is 14.7 Å². The lowest BCUT2D eigenvalue weighted by atomic mass is 10.2. The fourth-order valence-corrected chi connectivity index (χ4v) is 2.88. The Bertz CT molecular complexity index is 805. The number of carbonyl (C=O) groups excluding carboxylic acids is 2. The van der Waals surface area contributed by atoms with E-state index in [1.54, 1.807) is 22.8 Å². The largest absolute Gasteiger partial charge is 0.338 e. The van der Waals surface area contributed by atoms with Gasteiger partial charge in [-0.2, -0.15) is 0 Å². The standard InChI is InChI=1S/C18H22FN5O2S/c1-4-9-24-16(13-5-7-14(19)8-6-13)22-23-18(24)27-11-15(25)21-17(26)20-10-12(2)3/h4-8,12H,1,9-11H2,2-3H3,(H2,20,21,25,26). The number of nitrogens with one attached hydrogen (secondary N) is 2. The Morgan fingerprint density at radius 3 is 2.63 bits per heavy atom. The third-order valence-corrected chi connectivity index (χ3v) is 4.35. The van der Waals surface area contributed by atoms with Gasteiger partial charge in [0.25, 0.3) is 0 Å². The van der Waals surface area contributed by atoms with Gasteiger partial charge in [0, 0.05) is 18.7 Å². The molecule has 2 aromatic rings. The Morgan fingerprint density at radius 2 is 2.00 bits per heavy atom. The van der Waals surface area contributed by atoms with E-state index in [1.165, 1.54) is 12.1 Å². The molecule has 3 amide bonds. The number of benzene rings is 1. The van der Waals surface area contributed by atoms with Crippen molar-refractivity contribution in [1.29, 1.82) is 0 Å².